The van der Waals surface area contributed by atoms with E-state index in [9.17, 15) is 0 Å². The zero-order chi connectivity index (χ0) is 43.7. The number of amides is 2. The second-order valence-corrected chi connectivity index (χ2v) is 23.7. The quantitative estimate of drug-likeness (QED) is 0.281. The van der Waals surface area contributed by atoms with Gasteiger partial charge in [0.2, 0.25) is 0 Å². The Bertz CT molecular complexity index is 2580. The summed E-state index contributed by atoms with van der Waals surface area (Å²) in [6.07, 6.45) is 27.8. The van der Waals surface area contributed by atoms with Gasteiger partial charge in [-0.25, -0.2) is 4.79 Å². The number of benzene rings is 2. The van der Waals surface area contributed by atoms with Gasteiger partial charge in [-0.2, -0.15) is 0 Å². The molecule has 7 nitrogen and oxygen atoms in total. The Balaban J connectivity index is 0.926. The van der Waals surface area contributed by atoms with Crippen molar-refractivity contribution < 1.29 is 23.7 Å². The van der Waals surface area contributed by atoms with Crippen molar-refractivity contribution in [3.8, 4) is 11.8 Å². The number of morpholine rings is 2. The smallest absolute Gasteiger partial charge is 0.321 e. The topological polar surface area (TPSA) is 60.5 Å². The highest BCUT2D eigenvalue weighted by atomic mass is 16.6. The Morgan fingerprint density at radius 1 is 0.621 bits per heavy atom. The molecule has 13 aliphatic rings. The Kier molecular flexibility index (Phi) is 9.09. The van der Waals surface area contributed by atoms with Crippen LogP contribution < -0.4 is 0 Å². The molecule has 0 spiro atoms. The molecule has 0 radical (unpaired) electrons. The average molecular weight is 885 g/mol. The van der Waals surface area contributed by atoms with E-state index in [2.05, 4.69) is 97.0 Å². The first-order chi connectivity index (χ1) is 32.4. The largest absolute Gasteiger partial charge is 0.374 e. The maximum atomic E-state index is 16.9. The minimum Gasteiger partial charge on any atom is -0.374 e. The molecule has 0 N–H and O–H groups in total. The monoisotopic (exact) mass is 885 g/mol. The number of nitrogens with zero attached hydrogens (tertiary/aromatic N) is 2. The van der Waals surface area contributed by atoms with Crippen LogP contribution in [-0.2, 0) is 18.9 Å². The van der Waals surface area contributed by atoms with Crippen LogP contribution in [0.2, 0.25) is 0 Å². The van der Waals surface area contributed by atoms with Crippen molar-refractivity contribution in [1.29, 1.82) is 0 Å². The first-order valence-corrected chi connectivity index (χ1v) is 26.9. The molecule has 2 aromatic carbocycles. The van der Waals surface area contributed by atoms with E-state index >= 15 is 4.79 Å². The summed E-state index contributed by atoms with van der Waals surface area (Å²) in [6.45, 7) is 6.97. The summed E-state index contributed by atoms with van der Waals surface area (Å²) in [4.78, 5) is 22.0. The molecule has 2 aromatic rings. The van der Waals surface area contributed by atoms with Crippen molar-refractivity contribution in [3.05, 3.63) is 94.1 Å². The van der Waals surface area contributed by atoms with Crippen LogP contribution in [0.4, 0.5) is 4.79 Å². The second-order valence-electron chi connectivity index (χ2n) is 23.7. The SMILES string of the molecule is CC1=C(C2CC3CC(c4c(C)ccc5cccc(C)c45)C4OC5CCC6OC7CCCCC7C6C5N5C(=O)N6C7CCC8C9CCCCC9OC8C7OC2C6C3C45)C2C#CC=CC=C2C=C1. The van der Waals surface area contributed by atoms with Crippen molar-refractivity contribution >= 4 is 16.8 Å². The fourth-order valence-corrected chi connectivity index (χ4v) is 18.8. The van der Waals surface area contributed by atoms with E-state index in [-0.39, 0.29) is 84.5 Å². The second kappa shape index (κ2) is 14.9. The molecule has 21 atom stereocenters. The first kappa shape index (κ1) is 40.2. The standard InChI is InChI=1S/C59H68N2O5/c1-30-12-11-14-34-23-21-32(3)49(47(30)34)41-29-35-28-40(48-31(2)20-22-33-13-5-4-6-15-36(33)48)56-53-50(35)54-55(41)65-46-27-26-45-51(39-17-8-10-19-44(39)63-45)52(46)61(54)59(62)60(53)42-25-24-38-37-16-7-9-18-43(37)64-57(38)58(42)66-56/h4-5,11-14,20-23,35-46,50-58H,7-10,16-19,24-29H2,1-3H3. The fourth-order valence-electron chi connectivity index (χ4n) is 18.8. The number of carbonyl (C=O) groups excluding carboxylic acids is 1. The van der Waals surface area contributed by atoms with Crippen LogP contribution in [0, 0.1) is 73.0 Å². The van der Waals surface area contributed by atoms with Gasteiger partial charge in [-0.15, -0.1) is 0 Å². The Hall–Kier alpha value is -3.67. The maximum absolute atomic E-state index is 16.9. The summed E-state index contributed by atoms with van der Waals surface area (Å²) < 4.78 is 30.4. The van der Waals surface area contributed by atoms with Crippen molar-refractivity contribution in [3.63, 3.8) is 0 Å². The number of hydrogen-bond donors (Lipinski definition) is 0. The van der Waals surface area contributed by atoms with Gasteiger partial charge in [0.05, 0.1) is 72.8 Å². The first-order valence-electron chi connectivity index (χ1n) is 26.9. The van der Waals surface area contributed by atoms with E-state index in [4.69, 9.17) is 18.9 Å². The number of carbonyl (C=O) groups is 1. The minimum atomic E-state index is -0.132. The van der Waals surface area contributed by atoms with Gasteiger partial charge in [-0.3, -0.25) is 0 Å². The lowest BCUT2D eigenvalue weighted by molar-refractivity contribution is -0.284. The van der Waals surface area contributed by atoms with Crippen LogP contribution in [0.3, 0.4) is 0 Å². The van der Waals surface area contributed by atoms with Gasteiger partial charge in [0, 0.05) is 23.7 Å². The van der Waals surface area contributed by atoms with E-state index in [1.807, 2.05) is 6.08 Å². The number of allylic oxidation sites excluding steroid dienone is 7. The van der Waals surface area contributed by atoms with Gasteiger partial charge in [0.1, 0.15) is 6.10 Å². The molecule has 0 aromatic heterocycles. The summed E-state index contributed by atoms with van der Waals surface area (Å²) >= 11 is 0. The molecule has 5 heterocycles. The number of hydrogen-bond acceptors (Lipinski definition) is 5. The summed E-state index contributed by atoms with van der Waals surface area (Å²) in [5.74, 6) is 10.1. The van der Waals surface area contributed by atoms with Crippen molar-refractivity contribution in [2.75, 3.05) is 0 Å². The predicted molar refractivity (Wildman–Crippen MR) is 254 cm³/mol. The molecule has 5 saturated heterocycles. The zero-order valence-corrected chi connectivity index (χ0v) is 39.2. The molecule has 6 saturated carbocycles. The van der Waals surface area contributed by atoms with Crippen LogP contribution in [0.25, 0.3) is 10.8 Å². The summed E-state index contributed by atoms with van der Waals surface area (Å²) in [6, 6.07) is 11.8. The van der Waals surface area contributed by atoms with Crippen LogP contribution in [0.1, 0.15) is 119 Å². The van der Waals surface area contributed by atoms with Gasteiger partial charge in [-0.1, -0.05) is 92.2 Å². The third-order valence-electron chi connectivity index (χ3n) is 21.0. The summed E-state index contributed by atoms with van der Waals surface area (Å²) in [5, 5.41) is 2.71. The Labute approximate surface area is 391 Å². The van der Waals surface area contributed by atoms with Gasteiger partial charge in [0.15, 0.2) is 0 Å². The number of urea groups is 1. The van der Waals surface area contributed by atoms with E-state index < -0.39 is 0 Å². The van der Waals surface area contributed by atoms with Crippen molar-refractivity contribution in [2.45, 2.75) is 190 Å². The molecule has 15 rings (SSSR count). The van der Waals surface area contributed by atoms with Gasteiger partial charge in [-0.05, 0) is 159 Å². The molecule has 11 fully saturated rings. The van der Waals surface area contributed by atoms with Crippen LogP contribution in [-0.4, -0.2) is 88.8 Å². The lowest BCUT2D eigenvalue weighted by Crippen LogP contribution is -2.84. The summed E-state index contributed by atoms with van der Waals surface area (Å²) in [5.41, 5.74) is 8.19. The van der Waals surface area contributed by atoms with Crippen molar-refractivity contribution in [1.82, 2.24) is 9.80 Å². The zero-order valence-electron chi connectivity index (χ0n) is 39.2. The lowest BCUT2D eigenvalue weighted by Gasteiger charge is -2.71. The fraction of sp³-hybridized carbons (Fsp3) is 0.644. The number of fused-ring (bicyclic) bond motifs is 14. The van der Waals surface area contributed by atoms with E-state index in [1.165, 1.54) is 89.1 Å². The molecule has 2 amide bonds. The summed E-state index contributed by atoms with van der Waals surface area (Å²) in [7, 11) is 0. The normalized spacial score (nSPS) is 47.8. The molecular formula is C59H68N2O5. The number of rotatable bonds is 2. The number of ether oxygens (including phenoxy) is 4. The van der Waals surface area contributed by atoms with Crippen LogP contribution >= 0.6 is 0 Å². The Morgan fingerprint density at radius 3 is 2.29 bits per heavy atom. The molecular weight excluding hydrogens is 817 g/mol. The highest BCUT2D eigenvalue weighted by Crippen LogP contribution is 2.64. The molecule has 7 heteroatoms. The molecule has 344 valence electrons. The Morgan fingerprint density at radius 2 is 1.39 bits per heavy atom. The van der Waals surface area contributed by atoms with Gasteiger partial charge < -0.3 is 28.7 Å². The number of aryl methyl sites for hydroxylation is 2. The van der Waals surface area contributed by atoms with E-state index in [0.717, 1.165) is 44.9 Å². The highest BCUT2D eigenvalue weighted by molar-refractivity contribution is 5.90. The molecule has 21 unspecified atom stereocenters. The molecule has 66 heavy (non-hydrogen) atoms. The third kappa shape index (κ3) is 5.51. The lowest BCUT2D eigenvalue weighted by atomic mass is 9.52. The van der Waals surface area contributed by atoms with Gasteiger partial charge in [0.25, 0.3) is 0 Å². The molecule has 5 aliphatic heterocycles. The highest BCUT2D eigenvalue weighted by Gasteiger charge is 2.72. The molecule has 0 bridgehead atoms. The average Bonchev–Trinajstić information content (AvgIpc) is 3.82. The predicted octanol–water partition coefficient (Wildman–Crippen LogP) is 10.7. The van der Waals surface area contributed by atoms with E-state index in [0.29, 0.717) is 47.8 Å². The van der Waals surface area contributed by atoms with Crippen LogP contribution in [0.5, 0.6) is 0 Å². The van der Waals surface area contributed by atoms with E-state index in [1.54, 1.807) is 0 Å². The molecule has 8 aliphatic carbocycles. The van der Waals surface area contributed by atoms with Crippen molar-refractivity contribution in [2.24, 2.45) is 47.3 Å². The third-order valence-corrected chi connectivity index (χ3v) is 21.0. The maximum Gasteiger partial charge on any atom is 0.321 e. The van der Waals surface area contributed by atoms with Crippen LogP contribution in [0.15, 0.2) is 77.4 Å². The van der Waals surface area contributed by atoms with Gasteiger partial charge >= 0.3 is 6.03 Å². The minimum absolute atomic E-state index is 0.0145.